The highest BCUT2D eigenvalue weighted by Crippen LogP contribution is 2.20. The van der Waals surface area contributed by atoms with Crippen LogP contribution >= 0.6 is 0 Å². The second-order valence-corrected chi connectivity index (χ2v) is 4.02. The SMILES string of the molecule is CC(C)NC1CCC(N)CC1F. The topological polar surface area (TPSA) is 38.0 Å². The molecule has 0 heterocycles. The summed E-state index contributed by atoms with van der Waals surface area (Å²) in [4.78, 5) is 0. The predicted molar refractivity (Wildman–Crippen MR) is 48.8 cm³/mol. The molecule has 3 atom stereocenters. The molecule has 1 aliphatic carbocycles. The number of halogens is 1. The van der Waals surface area contributed by atoms with Gasteiger partial charge in [-0.25, -0.2) is 4.39 Å². The predicted octanol–water partition coefficient (Wildman–Crippen LogP) is 1.20. The van der Waals surface area contributed by atoms with E-state index in [0.29, 0.717) is 12.5 Å². The molecule has 0 spiro atoms. The molecule has 0 amide bonds. The van der Waals surface area contributed by atoms with Gasteiger partial charge in [-0.1, -0.05) is 13.8 Å². The fraction of sp³-hybridized carbons (Fsp3) is 1.00. The number of alkyl halides is 1. The lowest BCUT2D eigenvalue weighted by atomic mass is 9.90. The molecule has 12 heavy (non-hydrogen) atoms. The van der Waals surface area contributed by atoms with Crippen LogP contribution in [0.3, 0.4) is 0 Å². The Hall–Kier alpha value is -0.150. The van der Waals surface area contributed by atoms with Gasteiger partial charge in [-0.15, -0.1) is 0 Å². The number of nitrogens with two attached hydrogens (primary N) is 1. The van der Waals surface area contributed by atoms with Crippen molar-refractivity contribution in [2.24, 2.45) is 5.73 Å². The monoisotopic (exact) mass is 174 g/mol. The summed E-state index contributed by atoms with van der Waals surface area (Å²) in [5.41, 5.74) is 5.65. The molecule has 1 aliphatic rings. The Morgan fingerprint density at radius 2 is 2.08 bits per heavy atom. The minimum Gasteiger partial charge on any atom is -0.328 e. The van der Waals surface area contributed by atoms with Crippen LogP contribution in [0.15, 0.2) is 0 Å². The third-order valence-corrected chi connectivity index (χ3v) is 2.36. The van der Waals surface area contributed by atoms with E-state index < -0.39 is 6.17 Å². The smallest absolute Gasteiger partial charge is 0.117 e. The Bertz CT molecular complexity index is 138. The molecule has 3 heteroatoms. The van der Waals surface area contributed by atoms with E-state index in [9.17, 15) is 4.39 Å². The second-order valence-electron chi connectivity index (χ2n) is 4.02. The maximum atomic E-state index is 13.3. The Morgan fingerprint density at radius 1 is 1.42 bits per heavy atom. The Labute approximate surface area is 73.7 Å². The van der Waals surface area contributed by atoms with E-state index in [1.165, 1.54) is 0 Å². The van der Waals surface area contributed by atoms with Crippen LogP contribution in [0.2, 0.25) is 0 Å². The second kappa shape index (κ2) is 4.19. The zero-order chi connectivity index (χ0) is 9.14. The molecule has 0 aliphatic heterocycles. The molecule has 0 aromatic rings. The van der Waals surface area contributed by atoms with Crippen LogP contribution < -0.4 is 11.1 Å². The molecule has 1 rings (SSSR count). The Balaban J connectivity index is 2.34. The molecule has 0 aromatic heterocycles. The third kappa shape index (κ3) is 2.72. The van der Waals surface area contributed by atoms with Crippen molar-refractivity contribution in [1.82, 2.24) is 5.32 Å². The van der Waals surface area contributed by atoms with Gasteiger partial charge in [-0.3, -0.25) is 0 Å². The summed E-state index contributed by atoms with van der Waals surface area (Å²) in [5, 5.41) is 3.22. The first kappa shape index (κ1) is 9.93. The molecular weight excluding hydrogens is 155 g/mol. The van der Waals surface area contributed by atoms with Crippen LogP contribution in [0.1, 0.15) is 33.1 Å². The Kier molecular flexibility index (Phi) is 3.47. The largest absolute Gasteiger partial charge is 0.328 e. The van der Waals surface area contributed by atoms with Crippen molar-refractivity contribution in [3.8, 4) is 0 Å². The molecule has 0 saturated heterocycles. The first-order chi connectivity index (χ1) is 5.59. The third-order valence-electron chi connectivity index (χ3n) is 2.36. The van der Waals surface area contributed by atoms with E-state index in [1.807, 2.05) is 13.8 Å². The first-order valence-electron chi connectivity index (χ1n) is 4.75. The molecule has 0 radical (unpaired) electrons. The van der Waals surface area contributed by atoms with Gasteiger partial charge >= 0.3 is 0 Å². The molecule has 1 fully saturated rings. The number of hydrogen-bond acceptors (Lipinski definition) is 2. The number of hydrogen-bond donors (Lipinski definition) is 2. The normalized spacial score (nSPS) is 37.2. The summed E-state index contributed by atoms with van der Waals surface area (Å²) in [6.07, 6.45) is 1.59. The van der Waals surface area contributed by atoms with E-state index in [2.05, 4.69) is 5.32 Å². The highest BCUT2D eigenvalue weighted by molar-refractivity contribution is 4.87. The van der Waals surface area contributed by atoms with Gasteiger partial charge in [-0.2, -0.15) is 0 Å². The van der Waals surface area contributed by atoms with E-state index in [-0.39, 0.29) is 12.1 Å². The lowest BCUT2D eigenvalue weighted by Gasteiger charge is -2.31. The average molecular weight is 174 g/mol. The Morgan fingerprint density at radius 3 is 2.58 bits per heavy atom. The molecule has 1 saturated carbocycles. The van der Waals surface area contributed by atoms with Gasteiger partial charge < -0.3 is 11.1 Å². The number of rotatable bonds is 2. The highest BCUT2D eigenvalue weighted by atomic mass is 19.1. The van der Waals surface area contributed by atoms with E-state index in [1.54, 1.807) is 0 Å². The van der Waals surface area contributed by atoms with Crippen molar-refractivity contribution < 1.29 is 4.39 Å². The van der Waals surface area contributed by atoms with Gasteiger partial charge in [0, 0.05) is 18.1 Å². The summed E-state index contributed by atoms with van der Waals surface area (Å²) >= 11 is 0. The van der Waals surface area contributed by atoms with Crippen LogP contribution in [-0.2, 0) is 0 Å². The van der Waals surface area contributed by atoms with Crippen molar-refractivity contribution in [3.63, 3.8) is 0 Å². The number of nitrogens with one attached hydrogen (secondary N) is 1. The highest BCUT2D eigenvalue weighted by Gasteiger charge is 2.28. The minimum atomic E-state index is -0.754. The fourth-order valence-corrected chi connectivity index (χ4v) is 1.76. The zero-order valence-electron chi connectivity index (χ0n) is 7.89. The standard InChI is InChI=1S/C9H19FN2/c1-6(2)12-9-4-3-7(11)5-8(9)10/h6-9,12H,3-5,11H2,1-2H3. The maximum Gasteiger partial charge on any atom is 0.117 e. The first-order valence-corrected chi connectivity index (χ1v) is 4.75. The van der Waals surface area contributed by atoms with Gasteiger partial charge in [0.1, 0.15) is 6.17 Å². The van der Waals surface area contributed by atoms with Crippen molar-refractivity contribution in [1.29, 1.82) is 0 Å². The summed E-state index contributed by atoms with van der Waals surface area (Å²) < 4.78 is 13.3. The molecule has 72 valence electrons. The molecule has 3 N–H and O–H groups in total. The minimum absolute atomic E-state index is 0.0322. The van der Waals surface area contributed by atoms with Crippen LogP contribution in [0, 0.1) is 0 Å². The van der Waals surface area contributed by atoms with Gasteiger partial charge in [-0.05, 0) is 19.3 Å². The van der Waals surface area contributed by atoms with Gasteiger partial charge in [0.05, 0.1) is 0 Å². The summed E-state index contributed by atoms with van der Waals surface area (Å²) in [7, 11) is 0. The van der Waals surface area contributed by atoms with Crippen LogP contribution in [0.5, 0.6) is 0 Å². The molecule has 0 aromatic carbocycles. The lowest BCUT2D eigenvalue weighted by molar-refractivity contribution is 0.168. The summed E-state index contributed by atoms with van der Waals surface area (Å²) in [5.74, 6) is 0. The van der Waals surface area contributed by atoms with E-state index >= 15 is 0 Å². The quantitative estimate of drug-likeness (QED) is 0.660. The zero-order valence-corrected chi connectivity index (χ0v) is 7.89. The van der Waals surface area contributed by atoms with Crippen molar-refractivity contribution in [2.45, 2.75) is 57.4 Å². The maximum absolute atomic E-state index is 13.3. The van der Waals surface area contributed by atoms with E-state index in [0.717, 1.165) is 12.8 Å². The molecule has 2 nitrogen and oxygen atoms in total. The van der Waals surface area contributed by atoms with Crippen molar-refractivity contribution >= 4 is 0 Å². The van der Waals surface area contributed by atoms with Crippen LogP contribution in [-0.4, -0.2) is 24.3 Å². The lowest BCUT2D eigenvalue weighted by Crippen LogP contribution is -2.47. The van der Waals surface area contributed by atoms with Gasteiger partial charge in [0.25, 0.3) is 0 Å². The van der Waals surface area contributed by atoms with Crippen molar-refractivity contribution in [2.75, 3.05) is 0 Å². The van der Waals surface area contributed by atoms with Gasteiger partial charge in [0.15, 0.2) is 0 Å². The van der Waals surface area contributed by atoms with Crippen LogP contribution in [0.4, 0.5) is 4.39 Å². The average Bonchev–Trinajstić information content (AvgIpc) is 1.94. The molecular formula is C9H19FN2. The summed E-state index contributed by atoms with van der Waals surface area (Å²) in [6, 6.07) is 0.470. The van der Waals surface area contributed by atoms with E-state index in [4.69, 9.17) is 5.73 Å². The van der Waals surface area contributed by atoms with Crippen LogP contribution in [0.25, 0.3) is 0 Å². The summed E-state index contributed by atoms with van der Waals surface area (Å²) in [6.45, 7) is 4.09. The fourth-order valence-electron chi connectivity index (χ4n) is 1.76. The molecule has 0 bridgehead atoms. The van der Waals surface area contributed by atoms with Gasteiger partial charge in [0.2, 0.25) is 0 Å². The van der Waals surface area contributed by atoms with Crippen molar-refractivity contribution in [3.05, 3.63) is 0 Å². The molecule has 3 unspecified atom stereocenters.